The lowest BCUT2D eigenvalue weighted by atomic mass is 10.1. The number of rotatable bonds is 8. The number of carbonyl (C=O) groups is 1. The molecule has 0 atom stereocenters. The Hall–Kier alpha value is -3.53. The molecular weight excluding hydrogens is 527 g/mol. The Bertz CT molecular complexity index is 1310. The Labute approximate surface area is 231 Å². The molecule has 4 N–H and O–H groups in total. The number of nitrogens with zero attached hydrogens (tertiary/aromatic N) is 3. The fraction of sp³-hybridized carbons (Fsp3) is 0.296. The van der Waals surface area contributed by atoms with Crippen molar-refractivity contribution in [2.75, 3.05) is 62.9 Å². The van der Waals surface area contributed by atoms with E-state index in [9.17, 15) is 4.79 Å². The van der Waals surface area contributed by atoms with E-state index in [1.54, 1.807) is 12.1 Å². The number of hydrogen-bond donors (Lipinski definition) is 3. The Balaban J connectivity index is 1.48. The third-order valence-electron chi connectivity index (χ3n) is 6.56. The second-order valence-corrected chi connectivity index (χ2v) is 9.47. The fourth-order valence-electron chi connectivity index (χ4n) is 4.33. The second kappa shape index (κ2) is 11.9. The smallest absolute Gasteiger partial charge is 0.274 e. The van der Waals surface area contributed by atoms with E-state index in [0.29, 0.717) is 28.4 Å². The van der Waals surface area contributed by atoms with Crippen molar-refractivity contribution >= 4 is 52.0 Å². The predicted molar refractivity (Wildman–Crippen MR) is 153 cm³/mol. The molecule has 3 aromatic rings. The molecule has 2 heterocycles. The molecule has 1 aliphatic heterocycles. The third kappa shape index (κ3) is 5.65. The quantitative estimate of drug-likeness (QED) is 0.341. The van der Waals surface area contributed by atoms with Crippen LogP contribution < -0.4 is 25.4 Å². The number of nitrogens with two attached hydrogens (primary N) is 1. The van der Waals surface area contributed by atoms with E-state index in [4.69, 9.17) is 43.8 Å². The van der Waals surface area contributed by atoms with E-state index in [1.165, 1.54) is 20.3 Å². The van der Waals surface area contributed by atoms with Crippen LogP contribution in [0.15, 0.2) is 42.5 Å². The summed E-state index contributed by atoms with van der Waals surface area (Å²) in [6.07, 6.45) is 0. The highest BCUT2D eigenvalue weighted by Crippen LogP contribution is 2.45. The summed E-state index contributed by atoms with van der Waals surface area (Å²) >= 11 is 13.0. The minimum absolute atomic E-state index is 0.0156. The number of aromatic nitrogens is 1. The van der Waals surface area contributed by atoms with Crippen molar-refractivity contribution in [2.24, 2.45) is 0 Å². The van der Waals surface area contributed by atoms with E-state index in [1.807, 2.05) is 24.3 Å². The molecule has 0 bridgehead atoms. The summed E-state index contributed by atoms with van der Waals surface area (Å²) in [6.45, 7) is 7.22. The lowest BCUT2D eigenvalue weighted by Crippen LogP contribution is -2.46. The van der Waals surface area contributed by atoms with Gasteiger partial charge < -0.3 is 30.3 Å². The van der Waals surface area contributed by atoms with Crippen molar-refractivity contribution in [3.63, 3.8) is 0 Å². The van der Waals surface area contributed by atoms with Gasteiger partial charge in [0.25, 0.3) is 5.91 Å². The first-order valence-corrected chi connectivity index (χ1v) is 12.9. The van der Waals surface area contributed by atoms with Crippen LogP contribution in [0.3, 0.4) is 0 Å². The molecular formula is C27H30Cl2N6O3. The molecule has 4 rings (SSSR count). The lowest BCUT2D eigenvalue weighted by molar-refractivity contribution is -0.110. The number of halogens is 2. The summed E-state index contributed by atoms with van der Waals surface area (Å²) in [4.78, 5) is 22.0. The van der Waals surface area contributed by atoms with Gasteiger partial charge >= 0.3 is 0 Å². The molecule has 0 spiro atoms. The number of carbonyl (C=O) groups excluding carboxylic acids is 1. The molecule has 1 saturated heterocycles. The Kier molecular flexibility index (Phi) is 8.61. The summed E-state index contributed by atoms with van der Waals surface area (Å²) in [5, 5.41) is 11.7. The van der Waals surface area contributed by atoms with Crippen LogP contribution in [0.1, 0.15) is 12.5 Å². The Morgan fingerprint density at radius 1 is 1.03 bits per heavy atom. The standard InChI is InChI=1S/C27H30Cl2N6O3/c1-4-34-11-13-35(14-12-34)17-7-5-16(6-8-17)32-27(36)25(30)18-9-10-19(33-26(18)31)22-23(28)20(37-2)15-21(38-3)24(22)29/h5-10,15,30H,4,11-14H2,1-3H3,(H2,31,33)(H,32,36). The van der Waals surface area contributed by atoms with Crippen molar-refractivity contribution < 1.29 is 14.3 Å². The molecule has 0 radical (unpaired) electrons. The molecule has 1 amide bonds. The van der Waals surface area contributed by atoms with Crippen molar-refractivity contribution in [1.29, 1.82) is 5.41 Å². The maximum atomic E-state index is 12.8. The van der Waals surface area contributed by atoms with Crippen LogP contribution in [-0.2, 0) is 4.79 Å². The number of nitrogens with one attached hydrogen (secondary N) is 2. The van der Waals surface area contributed by atoms with Gasteiger partial charge in [0.2, 0.25) is 0 Å². The summed E-state index contributed by atoms with van der Waals surface area (Å²) in [6, 6.07) is 12.3. The number of pyridine rings is 1. The van der Waals surface area contributed by atoms with Crippen molar-refractivity contribution in [3.8, 4) is 22.8 Å². The number of likely N-dealkylation sites (N-methyl/N-ethyl adjacent to an activating group) is 1. The van der Waals surface area contributed by atoms with Crippen LogP contribution >= 0.6 is 23.2 Å². The Morgan fingerprint density at radius 3 is 2.16 bits per heavy atom. The summed E-state index contributed by atoms with van der Waals surface area (Å²) in [7, 11) is 2.95. The average Bonchev–Trinajstić information content (AvgIpc) is 2.93. The van der Waals surface area contributed by atoms with Crippen LogP contribution in [0.2, 0.25) is 10.0 Å². The molecule has 38 heavy (non-hydrogen) atoms. The number of hydrogen-bond acceptors (Lipinski definition) is 8. The molecule has 0 aliphatic carbocycles. The third-order valence-corrected chi connectivity index (χ3v) is 7.31. The largest absolute Gasteiger partial charge is 0.495 e. The molecule has 2 aromatic carbocycles. The SMILES string of the molecule is CCN1CCN(c2ccc(NC(=O)C(=N)c3ccc(-c4c(Cl)c(OC)cc(OC)c4Cl)nc3N)cc2)CC1. The highest BCUT2D eigenvalue weighted by atomic mass is 35.5. The molecule has 200 valence electrons. The van der Waals surface area contributed by atoms with Gasteiger partial charge in [0.15, 0.2) is 0 Å². The first-order chi connectivity index (χ1) is 18.3. The molecule has 0 saturated carbocycles. The van der Waals surface area contributed by atoms with Gasteiger partial charge in [-0.1, -0.05) is 30.1 Å². The Morgan fingerprint density at radius 2 is 1.63 bits per heavy atom. The second-order valence-electron chi connectivity index (χ2n) is 8.71. The van der Waals surface area contributed by atoms with Gasteiger partial charge in [-0.3, -0.25) is 10.2 Å². The molecule has 9 nitrogen and oxygen atoms in total. The van der Waals surface area contributed by atoms with Crippen LogP contribution in [0.25, 0.3) is 11.3 Å². The highest BCUT2D eigenvalue weighted by Gasteiger charge is 2.22. The van der Waals surface area contributed by atoms with E-state index < -0.39 is 5.91 Å². The van der Waals surface area contributed by atoms with Gasteiger partial charge in [-0.2, -0.15) is 0 Å². The summed E-state index contributed by atoms with van der Waals surface area (Å²) < 4.78 is 10.6. The number of ether oxygens (including phenoxy) is 2. The number of nitrogen functional groups attached to an aromatic ring is 1. The average molecular weight is 557 g/mol. The predicted octanol–water partition coefficient (Wildman–Crippen LogP) is 4.80. The van der Waals surface area contributed by atoms with Crippen LogP contribution in [0, 0.1) is 5.41 Å². The van der Waals surface area contributed by atoms with Crippen LogP contribution in [-0.4, -0.2) is 68.4 Å². The first-order valence-electron chi connectivity index (χ1n) is 12.1. The van der Waals surface area contributed by atoms with Crippen molar-refractivity contribution in [3.05, 3.63) is 58.1 Å². The van der Waals surface area contributed by atoms with Crippen LogP contribution in [0.5, 0.6) is 11.5 Å². The van der Waals surface area contributed by atoms with E-state index in [-0.39, 0.29) is 27.1 Å². The maximum Gasteiger partial charge on any atom is 0.274 e. The van der Waals surface area contributed by atoms with Gasteiger partial charge in [-0.25, -0.2) is 4.98 Å². The fourth-order valence-corrected chi connectivity index (χ4v) is 5.02. The van der Waals surface area contributed by atoms with E-state index in [2.05, 4.69) is 27.0 Å². The number of anilines is 3. The van der Waals surface area contributed by atoms with Gasteiger partial charge in [-0.15, -0.1) is 0 Å². The van der Waals surface area contributed by atoms with Crippen molar-refractivity contribution in [2.45, 2.75) is 6.92 Å². The zero-order chi connectivity index (χ0) is 27.4. The number of benzene rings is 2. The monoisotopic (exact) mass is 556 g/mol. The van der Waals surface area contributed by atoms with Gasteiger partial charge in [0.05, 0.1) is 30.0 Å². The zero-order valence-electron chi connectivity index (χ0n) is 21.5. The maximum absolute atomic E-state index is 12.8. The van der Waals surface area contributed by atoms with Gasteiger partial charge in [0, 0.05) is 54.7 Å². The highest BCUT2D eigenvalue weighted by molar-refractivity contribution is 6.48. The molecule has 1 aromatic heterocycles. The topological polar surface area (TPSA) is 117 Å². The summed E-state index contributed by atoms with van der Waals surface area (Å²) in [5.41, 5.74) is 8.43. The minimum atomic E-state index is -0.602. The van der Waals surface area contributed by atoms with Gasteiger partial charge in [-0.05, 0) is 42.9 Å². The van der Waals surface area contributed by atoms with Gasteiger partial charge in [0.1, 0.15) is 23.0 Å². The molecule has 0 unspecified atom stereocenters. The van der Waals surface area contributed by atoms with E-state index >= 15 is 0 Å². The molecule has 1 aliphatic rings. The zero-order valence-corrected chi connectivity index (χ0v) is 23.0. The van der Waals surface area contributed by atoms with E-state index in [0.717, 1.165) is 38.4 Å². The normalized spacial score (nSPS) is 13.8. The number of piperazine rings is 1. The summed E-state index contributed by atoms with van der Waals surface area (Å²) in [5.74, 6) is 0.0928. The van der Waals surface area contributed by atoms with Crippen LogP contribution in [0.4, 0.5) is 17.2 Å². The minimum Gasteiger partial charge on any atom is -0.495 e. The molecule has 1 fully saturated rings. The lowest BCUT2D eigenvalue weighted by Gasteiger charge is -2.35. The van der Waals surface area contributed by atoms with Crippen molar-refractivity contribution in [1.82, 2.24) is 9.88 Å². The number of methoxy groups -OCH3 is 2. The number of amides is 1. The first kappa shape index (κ1) is 27.5. The molecule has 11 heteroatoms.